The molecule has 7 heteroatoms. The predicted molar refractivity (Wildman–Crippen MR) is 68.4 cm³/mol. The van der Waals surface area contributed by atoms with Crippen LogP contribution in [0, 0.1) is 6.92 Å². The Kier molecular flexibility index (Phi) is 4.03. The first-order chi connectivity index (χ1) is 8.72. The number of carbonyl (C=O) groups excluding carboxylic acids is 1. The van der Waals surface area contributed by atoms with Crippen molar-refractivity contribution in [1.82, 2.24) is 25.1 Å². The number of hydrogen-bond donors (Lipinski definition) is 2. The summed E-state index contributed by atoms with van der Waals surface area (Å²) in [4.78, 5) is 12.6. The van der Waals surface area contributed by atoms with Gasteiger partial charge in [-0.25, -0.2) is 0 Å². The Balaban J connectivity index is 1.99. The van der Waals surface area contributed by atoms with Crippen LogP contribution in [0.1, 0.15) is 40.0 Å². The number of nitrogens with one attached hydrogen (secondary N) is 2. The number of nitrogens with zero attached hydrogens (tertiary/aromatic N) is 3. The van der Waals surface area contributed by atoms with Crippen LogP contribution in [0.4, 0.5) is 0 Å². The highest BCUT2D eigenvalue weighted by Gasteiger charge is 2.15. The molecule has 1 amide bonds. The first-order valence-electron chi connectivity index (χ1n) is 5.80. The van der Waals surface area contributed by atoms with Crippen molar-refractivity contribution in [2.24, 2.45) is 0 Å². The van der Waals surface area contributed by atoms with Gasteiger partial charge in [0, 0.05) is 17.8 Å². The number of H-pyrrole nitrogens is 1. The summed E-state index contributed by atoms with van der Waals surface area (Å²) in [5.41, 5.74) is 2.73. The van der Waals surface area contributed by atoms with E-state index in [0.29, 0.717) is 11.4 Å². The van der Waals surface area contributed by atoms with Gasteiger partial charge in [-0.1, -0.05) is 17.8 Å². The Morgan fingerprint density at radius 2 is 2.39 bits per heavy atom. The molecule has 0 atom stereocenters. The van der Waals surface area contributed by atoms with E-state index >= 15 is 0 Å². The van der Waals surface area contributed by atoms with Gasteiger partial charge in [-0.15, -0.1) is 5.10 Å². The maximum atomic E-state index is 12.0. The van der Waals surface area contributed by atoms with Crippen LogP contribution in [0.15, 0.2) is 6.20 Å². The smallest absolute Gasteiger partial charge is 0.265 e. The molecule has 0 fully saturated rings. The molecule has 18 heavy (non-hydrogen) atoms. The Hall–Kier alpha value is -1.76. The van der Waals surface area contributed by atoms with E-state index in [9.17, 15) is 4.79 Å². The molecule has 2 aromatic heterocycles. The third kappa shape index (κ3) is 2.73. The molecule has 0 aromatic carbocycles. The summed E-state index contributed by atoms with van der Waals surface area (Å²) in [6.07, 6.45) is 3.45. The molecular formula is C11H15N5OS. The summed E-state index contributed by atoms with van der Waals surface area (Å²) < 4.78 is 3.84. The van der Waals surface area contributed by atoms with Gasteiger partial charge in [0.05, 0.1) is 11.9 Å². The van der Waals surface area contributed by atoms with E-state index < -0.39 is 0 Å². The maximum Gasteiger partial charge on any atom is 0.265 e. The minimum absolute atomic E-state index is 0.117. The molecule has 0 aliphatic carbocycles. The molecule has 0 aliphatic rings. The number of aromatic nitrogens is 4. The van der Waals surface area contributed by atoms with Crippen LogP contribution >= 0.6 is 11.5 Å². The molecule has 6 nitrogen and oxygen atoms in total. The predicted octanol–water partition coefficient (Wildman–Crippen LogP) is 1.45. The van der Waals surface area contributed by atoms with Crippen LogP contribution in [0.2, 0.25) is 0 Å². The summed E-state index contributed by atoms with van der Waals surface area (Å²) in [5, 5.41) is 13.6. The molecule has 0 aliphatic heterocycles. The van der Waals surface area contributed by atoms with Gasteiger partial charge in [-0.3, -0.25) is 9.89 Å². The van der Waals surface area contributed by atoms with Crippen LogP contribution in [0.5, 0.6) is 0 Å². The lowest BCUT2D eigenvalue weighted by molar-refractivity contribution is 0.0954. The monoisotopic (exact) mass is 265 g/mol. The van der Waals surface area contributed by atoms with Crippen LogP contribution in [-0.4, -0.2) is 25.7 Å². The van der Waals surface area contributed by atoms with Gasteiger partial charge in [0.2, 0.25) is 0 Å². The van der Waals surface area contributed by atoms with E-state index in [1.165, 1.54) is 0 Å². The zero-order chi connectivity index (χ0) is 13.0. The average molecular weight is 265 g/mol. The van der Waals surface area contributed by atoms with Crippen LogP contribution in [0.3, 0.4) is 0 Å². The van der Waals surface area contributed by atoms with Crippen molar-refractivity contribution in [1.29, 1.82) is 0 Å². The van der Waals surface area contributed by atoms with E-state index in [1.54, 1.807) is 6.20 Å². The van der Waals surface area contributed by atoms with Gasteiger partial charge < -0.3 is 5.32 Å². The summed E-state index contributed by atoms with van der Waals surface area (Å²) in [6.45, 7) is 4.44. The molecule has 96 valence electrons. The highest BCUT2D eigenvalue weighted by Crippen LogP contribution is 2.12. The fourth-order valence-electron chi connectivity index (χ4n) is 1.59. The molecule has 0 unspecified atom stereocenters. The third-order valence-corrected chi connectivity index (χ3v) is 3.39. The van der Waals surface area contributed by atoms with Crippen molar-refractivity contribution in [3.05, 3.63) is 28.0 Å². The van der Waals surface area contributed by atoms with Gasteiger partial charge in [0.25, 0.3) is 5.91 Å². The molecule has 0 saturated carbocycles. The first kappa shape index (κ1) is 12.7. The van der Waals surface area contributed by atoms with Crippen molar-refractivity contribution in [2.45, 2.75) is 33.2 Å². The number of carbonyl (C=O) groups is 1. The molecule has 0 radical (unpaired) electrons. The van der Waals surface area contributed by atoms with Crippen molar-refractivity contribution >= 4 is 17.4 Å². The van der Waals surface area contributed by atoms with Crippen LogP contribution < -0.4 is 5.32 Å². The summed E-state index contributed by atoms with van der Waals surface area (Å²) >= 11 is 1.14. The Labute approximate surface area is 109 Å². The first-order valence-corrected chi connectivity index (χ1v) is 6.58. The van der Waals surface area contributed by atoms with E-state index in [2.05, 4.69) is 32.0 Å². The Morgan fingerprint density at radius 3 is 3.06 bits per heavy atom. The molecular weight excluding hydrogens is 250 g/mol. The van der Waals surface area contributed by atoms with Gasteiger partial charge in [0.1, 0.15) is 4.88 Å². The van der Waals surface area contributed by atoms with E-state index in [4.69, 9.17) is 0 Å². The van der Waals surface area contributed by atoms with Gasteiger partial charge in [-0.05, 0) is 24.9 Å². The van der Waals surface area contributed by atoms with Crippen LogP contribution in [-0.2, 0) is 13.0 Å². The molecule has 2 rings (SSSR count). The van der Waals surface area contributed by atoms with E-state index in [-0.39, 0.29) is 5.91 Å². The molecule has 0 bridgehead atoms. The minimum Gasteiger partial charge on any atom is -0.347 e. The zero-order valence-corrected chi connectivity index (χ0v) is 11.2. The third-order valence-electron chi connectivity index (χ3n) is 2.62. The van der Waals surface area contributed by atoms with Gasteiger partial charge >= 0.3 is 0 Å². The number of hydrogen-bond acceptors (Lipinski definition) is 5. The number of amides is 1. The van der Waals surface area contributed by atoms with Crippen molar-refractivity contribution < 1.29 is 4.79 Å². The average Bonchev–Trinajstić information content (AvgIpc) is 2.96. The fourth-order valence-corrected chi connectivity index (χ4v) is 2.22. The highest BCUT2D eigenvalue weighted by atomic mass is 32.1. The topological polar surface area (TPSA) is 83.6 Å². The molecule has 0 spiro atoms. The van der Waals surface area contributed by atoms with Crippen LogP contribution in [0.25, 0.3) is 0 Å². The number of rotatable bonds is 5. The minimum atomic E-state index is -0.117. The standard InChI is InChI=1S/C11H15N5OS/c1-3-4-9-10(18-16-15-9)11(17)12-5-8-6-13-14-7(8)2/h6H,3-5H2,1-2H3,(H,12,17)(H,13,14). The van der Waals surface area contributed by atoms with Crippen molar-refractivity contribution in [3.8, 4) is 0 Å². The summed E-state index contributed by atoms with van der Waals surface area (Å²) in [6, 6.07) is 0. The molecule has 2 heterocycles. The molecule has 2 aromatic rings. The zero-order valence-electron chi connectivity index (χ0n) is 10.4. The quantitative estimate of drug-likeness (QED) is 0.857. The second-order valence-electron chi connectivity index (χ2n) is 4.00. The fraction of sp³-hybridized carbons (Fsp3) is 0.455. The Bertz CT molecular complexity index is 533. The lowest BCUT2D eigenvalue weighted by Crippen LogP contribution is -2.23. The van der Waals surface area contributed by atoms with Gasteiger partial charge in [-0.2, -0.15) is 5.10 Å². The van der Waals surface area contributed by atoms with Gasteiger partial charge in [0.15, 0.2) is 0 Å². The number of aryl methyl sites for hydroxylation is 2. The summed E-state index contributed by atoms with van der Waals surface area (Å²) in [7, 11) is 0. The second kappa shape index (κ2) is 5.72. The highest BCUT2D eigenvalue weighted by molar-refractivity contribution is 7.08. The normalized spacial score (nSPS) is 10.6. The number of aromatic amines is 1. The Morgan fingerprint density at radius 1 is 1.56 bits per heavy atom. The van der Waals surface area contributed by atoms with E-state index in [1.807, 2.05) is 6.92 Å². The lowest BCUT2D eigenvalue weighted by atomic mass is 10.2. The lowest BCUT2D eigenvalue weighted by Gasteiger charge is -2.03. The van der Waals surface area contributed by atoms with Crippen molar-refractivity contribution in [3.63, 3.8) is 0 Å². The largest absolute Gasteiger partial charge is 0.347 e. The molecule has 2 N–H and O–H groups in total. The van der Waals surface area contributed by atoms with E-state index in [0.717, 1.165) is 41.3 Å². The second-order valence-corrected chi connectivity index (χ2v) is 4.76. The summed E-state index contributed by atoms with van der Waals surface area (Å²) in [5.74, 6) is -0.117. The molecule has 0 saturated heterocycles. The van der Waals surface area contributed by atoms with Crippen molar-refractivity contribution in [2.75, 3.05) is 0 Å². The maximum absolute atomic E-state index is 12.0. The SMILES string of the molecule is CCCc1nnsc1C(=O)NCc1cn[nH]c1C.